The Labute approximate surface area is 184 Å². The molecule has 0 fully saturated rings. The standard InChI is InChI=1S/C19H21Cl2N3O5S/c1-2-29-14-7-5-13(6-8-14)19(26)24-23-18(25)4-3-11-22-30(27,28)15-9-10-16(20)17(21)12-15/h5-10,12,22H,2-4,11H2,1H3,(H,23,25)(H,24,26). The zero-order chi connectivity index (χ0) is 22.1. The number of carbonyl (C=O) groups is 2. The molecule has 0 heterocycles. The number of ether oxygens (including phenoxy) is 1. The number of hydrogen-bond acceptors (Lipinski definition) is 5. The minimum Gasteiger partial charge on any atom is -0.494 e. The van der Waals surface area contributed by atoms with Gasteiger partial charge in [0, 0.05) is 18.5 Å². The summed E-state index contributed by atoms with van der Waals surface area (Å²) < 4.78 is 32.1. The van der Waals surface area contributed by atoms with Crippen LogP contribution in [-0.4, -0.2) is 33.4 Å². The van der Waals surface area contributed by atoms with Crippen LogP contribution in [0.3, 0.4) is 0 Å². The van der Waals surface area contributed by atoms with Gasteiger partial charge in [-0.2, -0.15) is 0 Å². The first kappa shape index (κ1) is 23.9. The first-order valence-electron chi connectivity index (χ1n) is 8.99. The predicted molar refractivity (Wildman–Crippen MR) is 114 cm³/mol. The fourth-order valence-corrected chi connectivity index (χ4v) is 3.78. The Balaban J connectivity index is 1.73. The summed E-state index contributed by atoms with van der Waals surface area (Å²) in [6, 6.07) is 10.4. The number of amides is 2. The van der Waals surface area contributed by atoms with Gasteiger partial charge in [-0.3, -0.25) is 20.4 Å². The SMILES string of the molecule is CCOc1ccc(C(=O)NNC(=O)CCCNS(=O)(=O)c2ccc(Cl)c(Cl)c2)cc1. The molecule has 0 saturated heterocycles. The zero-order valence-electron chi connectivity index (χ0n) is 16.1. The van der Waals surface area contributed by atoms with E-state index >= 15 is 0 Å². The second-order valence-electron chi connectivity index (χ2n) is 6.04. The van der Waals surface area contributed by atoms with Gasteiger partial charge in [-0.1, -0.05) is 23.2 Å². The van der Waals surface area contributed by atoms with Crippen molar-refractivity contribution in [2.75, 3.05) is 13.2 Å². The van der Waals surface area contributed by atoms with Crippen LogP contribution in [0.15, 0.2) is 47.4 Å². The quantitative estimate of drug-likeness (QED) is 0.382. The van der Waals surface area contributed by atoms with Gasteiger partial charge in [0.2, 0.25) is 15.9 Å². The molecule has 0 aliphatic heterocycles. The average Bonchev–Trinajstić information content (AvgIpc) is 2.72. The van der Waals surface area contributed by atoms with Crippen LogP contribution >= 0.6 is 23.2 Å². The number of halogens is 2. The second-order valence-corrected chi connectivity index (χ2v) is 8.62. The van der Waals surface area contributed by atoms with Crippen LogP contribution in [0.5, 0.6) is 5.75 Å². The molecule has 0 aliphatic rings. The molecule has 0 atom stereocenters. The van der Waals surface area contributed by atoms with Crippen molar-refractivity contribution >= 4 is 45.0 Å². The van der Waals surface area contributed by atoms with Crippen LogP contribution < -0.4 is 20.3 Å². The lowest BCUT2D eigenvalue weighted by molar-refractivity contribution is -0.121. The maximum atomic E-state index is 12.2. The van der Waals surface area contributed by atoms with Gasteiger partial charge in [0.15, 0.2) is 0 Å². The molecule has 0 unspecified atom stereocenters. The monoisotopic (exact) mass is 473 g/mol. The molecule has 2 aromatic carbocycles. The Morgan fingerprint density at radius 2 is 1.70 bits per heavy atom. The van der Waals surface area contributed by atoms with Gasteiger partial charge in [-0.05, 0) is 55.8 Å². The minimum absolute atomic E-state index is 0.00739. The third kappa shape index (κ3) is 7.17. The molecule has 0 radical (unpaired) electrons. The molecule has 0 saturated carbocycles. The summed E-state index contributed by atoms with van der Waals surface area (Å²) in [6.07, 6.45) is 0.235. The average molecular weight is 474 g/mol. The summed E-state index contributed by atoms with van der Waals surface area (Å²) in [7, 11) is -3.77. The predicted octanol–water partition coefficient (Wildman–Crippen LogP) is 2.91. The van der Waals surface area contributed by atoms with E-state index in [9.17, 15) is 18.0 Å². The van der Waals surface area contributed by atoms with Crippen molar-refractivity contribution in [2.24, 2.45) is 0 Å². The normalized spacial score (nSPS) is 11.0. The third-order valence-electron chi connectivity index (χ3n) is 3.82. The molecule has 0 spiro atoms. The van der Waals surface area contributed by atoms with Crippen LogP contribution in [0.25, 0.3) is 0 Å². The Bertz CT molecular complexity index is 998. The number of sulfonamides is 1. The molecule has 2 aromatic rings. The molecule has 2 amide bonds. The van der Waals surface area contributed by atoms with Crippen LogP contribution in [0.1, 0.15) is 30.1 Å². The van der Waals surface area contributed by atoms with Crippen molar-refractivity contribution in [2.45, 2.75) is 24.7 Å². The summed E-state index contributed by atoms with van der Waals surface area (Å²) >= 11 is 11.6. The largest absolute Gasteiger partial charge is 0.494 e. The van der Waals surface area contributed by atoms with E-state index in [2.05, 4.69) is 15.6 Å². The van der Waals surface area contributed by atoms with E-state index in [1.54, 1.807) is 24.3 Å². The zero-order valence-corrected chi connectivity index (χ0v) is 18.4. The molecule has 8 nitrogen and oxygen atoms in total. The van der Waals surface area contributed by atoms with Gasteiger partial charge >= 0.3 is 0 Å². The van der Waals surface area contributed by atoms with Gasteiger partial charge < -0.3 is 4.74 Å². The van der Waals surface area contributed by atoms with Gasteiger partial charge in [-0.15, -0.1) is 0 Å². The first-order valence-corrected chi connectivity index (χ1v) is 11.2. The van der Waals surface area contributed by atoms with Crippen LogP contribution in [0, 0.1) is 0 Å². The van der Waals surface area contributed by atoms with Crippen molar-refractivity contribution < 1.29 is 22.7 Å². The smallest absolute Gasteiger partial charge is 0.269 e. The van der Waals surface area contributed by atoms with E-state index in [1.807, 2.05) is 6.92 Å². The fraction of sp³-hybridized carbons (Fsp3) is 0.263. The van der Waals surface area contributed by atoms with Crippen molar-refractivity contribution in [1.82, 2.24) is 15.6 Å². The van der Waals surface area contributed by atoms with E-state index in [0.29, 0.717) is 17.9 Å². The lowest BCUT2D eigenvalue weighted by atomic mass is 10.2. The topological polar surface area (TPSA) is 114 Å². The number of hydrogen-bond donors (Lipinski definition) is 3. The lowest BCUT2D eigenvalue weighted by Crippen LogP contribution is -2.41. The summed E-state index contributed by atoms with van der Waals surface area (Å²) in [4.78, 5) is 23.8. The highest BCUT2D eigenvalue weighted by molar-refractivity contribution is 7.89. The molecule has 0 aliphatic carbocycles. The van der Waals surface area contributed by atoms with Gasteiger partial charge in [0.25, 0.3) is 5.91 Å². The van der Waals surface area contributed by atoms with Gasteiger partial charge in [-0.25, -0.2) is 13.1 Å². The fourth-order valence-electron chi connectivity index (χ4n) is 2.31. The van der Waals surface area contributed by atoms with E-state index in [0.717, 1.165) is 0 Å². The molecule has 0 aromatic heterocycles. The van der Waals surface area contributed by atoms with E-state index in [4.69, 9.17) is 27.9 Å². The van der Waals surface area contributed by atoms with E-state index in [1.165, 1.54) is 18.2 Å². The summed E-state index contributed by atoms with van der Waals surface area (Å²) in [6.45, 7) is 2.41. The molecule has 11 heteroatoms. The molecular weight excluding hydrogens is 453 g/mol. The number of benzene rings is 2. The van der Waals surface area contributed by atoms with Gasteiger partial charge in [0.05, 0.1) is 21.5 Å². The number of rotatable bonds is 9. The summed E-state index contributed by atoms with van der Waals surface area (Å²) in [5.74, 6) is -0.295. The van der Waals surface area contributed by atoms with Crippen LogP contribution in [0.2, 0.25) is 10.0 Å². The number of hydrazine groups is 1. The van der Waals surface area contributed by atoms with Crippen molar-refractivity contribution in [1.29, 1.82) is 0 Å². The van der Waals surface area contributed by atoms with Crippen LogP contribution in [-0.2, 0) is 14.8 Å². The Hall–Kier alpha value is -2.33. The van der Waals surface area contributed by atoms with Crippen molar-refractivity contribution in [3.8, 4) is 5.75 Å². The Morgan fingerprint density at radius 3 is 2.33 bits per heavy atom. The molecule has 30 heavy (non-hydrogen) atoms. The van der Waals surface area contributed by atoms with Gasteiger partial charge in [0.1, 0.15) is 5.75 Å². The molecule has 3 N–H and O–H groups in total. The Morgan fingerprint density at radius 1 is 1.00 bits per heavy atom. The number of nitrogens with one attached hydrogen (secondary N) is 3. The second kappa shape index (κ2) is 11.2. The van der Waals surface area contributed by atoms with E-state index in [-0.39, 0.29) is 34.3 Å². The number of carbonyl (C=O) groups excluding carboxylic acids is 2. The maximum absolute atomic E-state index is 12.2. The molecule has 162 valence electrons. The molecule has 2 rings (SSSR count). The lowest BCUT2D eigenvalue weighted by Gasteiger charge is -2.09. The molecule has 0 bridgehead atoms. The first-order chi connectivity index (χ1) is 14.2. The minimum atomic E-state index is -3.77. The highest BCUT2D eigenvalue weighted by Gasteiger charge is 2.15. The van der Waals surface area contributed by atoms with Crippen LogP contribution in [0.4, 0.5) is 0 Å². The summed E-state index contributed by atoms with van der Waals surface area (Å²) in [5.41, 5.74) is 4.94. The van der Waals surface area contributed by atoms with Crippen molar-refractivity contribution in [3.63, 3.8) is 0 Å². The summed E-state index contributed by atoms with van der Waals surface area (Å²) in [5, 5.41) is 0.377. The van der Waals surface area contributed by atoms with Crippen molar-refractivity contribution in [3.05, 3.63) is 58.1 Å². The third-order valence-corrected chi connectivity index (χ3v) is 6.01. The maximum Gasteiger partial charge on any atom is 0.269 e. The van der Waals surface area contributed by atoms with E-state index < -0.39 is 21.8 Å². The highest BCUT2D eigenvalue weighted by Crippen LogP contribution is 2.24. The molecular formula is C19H21Cl2N3O5S. The Kier molecular flexibility index (Phi) is 8.91. The highest BCUT2D eigenvalue weighted by atomic mass is 35.5.